The fourth-order valence-corrected chi connectivity index (χ4v) is 9.20. The smallest absolute Gasteiger partial charge is 0.337 e. The number of aliphatic hydroxyl groups is 5. The van der Waals surface area contributed by atoms with E-state index in [1.807, 2.05) is 0 Å². The van der Waals surface area contributed by atoms with Gasteiger partial charge in [0.25, 0.3) is 0 Å². The third-order valence-corrected chi connectivity index (χ3v) is 12.3. The average molecular weight is 701 g/mol. The molecule has 14 nitrogen and oxygen atoms in total. The van der Waals surface area contributed by atoms with Crippen molar-refractivity contribution in [3.05, 3.63) is 51.9 Å². The van der Waals surface area contributed by atoms with Crippen molar-refractivity contribution in [3.63, 3.8) is 0 Å². The molecule has 11 atom stereocenters. The fourth-order valence-electron chi connectivity index (χ4n) is 9.20. The van der Waals surface area contributed by atoms with Crippen LogP contribution in [0.15, 0.2) is 46.7 Å². The van der Waals surface area contributed by atoms with E-state index in [0.717, 1.165) is 0 Å². The molecule has 0 aromatic heterocycles. The molecule has 50 heavy (non-hydrogen) atoms. The second-order valence-corrected chi connectivity index (χ2v) is 15.8. The second kappa shape index (κ2) is 12.8. The minimum absolute atomic E-state index is 0.0330. The number of benzene rings is 1. The molecule has 2 bridgehead atoms. The van der Waals surface area contributed by atoms with Crippen LogP contribution in [0.25, 0.3) is 0 Å². The number of nitrogens with zero attached hydrogens (tertiary/aromatic N) is 1. The summed E-state index contributed by atoms with van der Waals surface area (Å²) in [5.41, 5.74) is -7.44. The van der Waals surface area contributed by atoms with Crippen molar-refractivity contribution >= 4 is 23.3 Å². The zero-order chi connectivity index (χ0) is 37.4. The molecule has 1 aromatic carbocycles. The number of fused-ring (bicyclic) bond motifs is 5. The largest absolute Gasteiger partial charge is 0.456 e. The highest BCUT2D eigenvalue weighted by Crippen LogP contribution is 2.64. The normalized spacial score (nSPS) is 37.6. The lowest BCUT2D eigenvalue weighted by Crippen LogP contribution is -2.78. The number of rotatable bonds is 10. The van der Waals surface area contributed by atoms with Crippen LogP contribution in [-0.2, 0) is 28.7 Å². The van der Waals surface area contributed by atoms with Gasteiger partial charge in [-0.3, -0.25) is 19.7 Å². The maximum Gasteiger partial charge on any atom is 0.337 e. The molecule has 0 amide bonds. The summed E-state index contributed by atoms with van der Waals surface area (Å²) in [5, 5.41) is 64.6. The fraction of sp³-hybridized carbons (Fsp3) is 0.667. The number of Topliss-reactive ketones (excluding diaryl/α,β-unsaturated/α-hetero) is 3. The van der Waals surface area contributed by atoms with E-state index >= 15 is 0 Å². The Balaban J connectivity index is 1.49. The standard InChI is InChI=1S/C36H48N2O12/c1-17-21(50-31(45)27(42)25(19-11-9-8-10-12-19)37-15-20(39)29(43)33(5,6)38-48)14-36(47)18(2)28-34(7,22(40)13-23-35(28,46)16-49-23)30(44)26(41)24(17)32(36,3)4/h8-12,18,21-23,25-28,37,40-42,46-47H,13-16H2,1-7H3. The van der Waals surface area contributed by atoms with Gasteiger partial charge in [-0.15, -0.1) is 4.91 Å². The summed E-state index contributed by atoms with van der Waals surface area (Å²) >= 11 is 0. The Morgan fingerprint density at radius 1 is 1.12 bits per heavy atom. The predicted octanol–water partition coefficient (Wildman–Crippen LogP) is 0.847. The van der Waals surface area contributed by atoms with E-state index in [0.29, 0.717) is 5.56 Å². The zero-order valence-electron chi connectivity index (χ0n) is 29.4. The average Bonchev–Trinajstić information content (AvgIpc) is 3.07. The summed E-state index contributed by atoms with van der Waals surface area (Å²) in [4.78, 5) is 64.3. The van der Waals surface area contributed by atoms with Crippen molar-refractivity contribution in [3.8, 4) is 0 Å². The number of esters is 1. The summed E-state index contributed by atoms with van der Waals surface area (Å²) in [5.74, 6) is -5.93. The monoisotopic (exact) mass is 700 g/mol. The minimum atomic E-state index is -1.96. The number of nitrogens with one attached hydrogen (secondary N) is 1. The molecule has 1 heterocycles. The highest BCUT2D eigenvalue weighted by Gasteiger charge is 2.74. The Morgan fingerprint density at radius 2 is 1.74 bits per heavy atom. The first-order valence-electron chi connectivity index (χ1n) is 16.9. The first-order chi connectivity index (χ1) is 23.1. The van der Waals surface area contributed by atoms with Crippen molar-refractivity contribution in [2.45, 2.75) is 115 Å². The summed E-state index contributed by atoms with van der Waals surface area (Å²) in [6.07, 6.45) is -7.41. The van der Waals surface area contributed by atoms with Gasteiger partial charge in [-0.25, -0.2) is 4.79 Å². The molecule has 4 aliphatic rings. The van der Waals surface area contributed by atoms with Crippen LogP contribution in [0.1, 0.15) is 72.9 Å². The van der Waals surface area contributed by atoms with Gasteiger partial charge in [0, 0.05) is 24.2 Å². The summed E-state index contributed by atoms with van der Waals surface area (Å²) in [6.45, 7) is 9.68. The zero-order valence-corrected chi connectivity index (χ0v) is 29.4. The Hall–Kier alpha value is -3.24. The number of ketones is 3. The molecular weight excluding hydrogens is 652 g/mol. The van der Waals surface area contributed by atoms with Crippen LogP contribution >= 0.6 is 0 Å². The van der Waals surface area contributed by atoms with Crippen LogP contribution in [0.5, 0.6) is 0 Å². The predicted molar refractivity (Wildman–Crippen MR) is 176 cm³/mol. The van der Waals surface area contributed by atoms with Gasteiger partial charge in [0.15, 0.2) is 17.4 Å². The Labute approximate surface area is 290 Å². The van der Waals surface area contributed by atoms with Gasteiger partial charge in [0.1, 0.15) is 17.8 Å². The maximum absolute atomic E-state index is 14.3. The molecule has 11 unspecified atom stereocenters. The first-order valence-corrected chi connectivity index (χ1v) is 16.9. The number of hydrogen-bond acceptors (Lipinski definition) is 14. The summed E-state index contributed by atoms with van der Waals surface area (Å²) in [6, 6.07) is 6.86. The lowest BCUT2D eigenvalue weighted by Gasteiger charge is -2.67. The van der Waals surface area contributed by atoms with Crippen LogP contribution in [-0.4, -0.2) is 109 Å². The van der Waals surface area contributed by atoms with Crippen LogP contribution in [0.3, 0.4) is 0 Å². The second-order valence-electron chi connectivity index (χ2n) is 15.8. The third kappa shape index (κ3) is 5.51. The number of carbonyl (C=O) groups is 4. The highest BCUT2D eigenvalue weighted by atomic mass is 16.6. The SMILES string of the molecule is CC1=C2C(O)C(=O)C3(C)C(O)CC4OCC4(O)C3C(C)C(O)(CC1OC(=O)C(O)C(NCC(=O)C(=O)C(C)(C)N=O)c1ccccc1)C2(C)C. The van der Waals surface area contributed by atoms with E-state index in [2.05, 4.69) is 10.5 Å². The molecule has 2 saturated carbocycles. The molecule has 14 heteroatoms. The van der Waals surface area contributed by atoms with Gasteiger partial charge >= 0.3 is 5.97 Å². The van der Waals surface area contributed by atoms with Crippen molar-refractivity contribution in [1.82, 2.24) is 5.32 Å². The Kier molecular flexibility index (Phi) is 9.70. The maximum atomic E-state index is 14.3. The van der Waals surface area contributed by atoms with Gasteiger partial charge in [-0.05, 0) is 50.3 Å². The highest BCUT2D eigenvalue weighted by molar-refractivity contribution is 6.41. The quantitative estimate of drug-likeness (QED) is 0.0862. The molecule has 0 radical (unpaired) electrons. The lowest BCUT2D eigenvalue weighted by molar-refractivity contribution is -0.335. The van der Waals surface area contributed by atoms with E-state index < -0.39 is 106 Å². The van der Waals surface area contributed by atoms with Crippen LogP contribution in [0.4, 0.5) is 0 Å². The van der Waals surface area contributed by atoms with Crippen molar-refractivity contribution < 1.29 is 54.2 Å². The molecule has 1 aliphatic heterocycles. The van der Waals surface area contributed by atoms with Gasteiger partial charge in [-0.1, -0.05) is 56.3 Å². The molecule has 1 saturated heterocycles. The molecule has 3 aliphatic carbocycles. The van der Waals surface area contributed by atoms with Gasteiger partial charge in [-0.2, -0.15) is 0 Å². The summed E-state index contributed by atoms with van der Waals surface area (Å²) < 4.78 is 11.5. The Bertz CT molecular complexity index is 1610. The first kappa shape index (κ1) is 38.0. The molecular formula is C36H48N2O12. The van der Waals surface area contributed by atoms with Crippen LogP contribution in [0.2, 0.25) is 0 Å². The molecule has 6 N–H and O–H groups in total. The van der Waals surface area contributed by atoms with E-state index in [-0.39, 0.29) is 30.6 Å². The van der Waals surface area contributed by atoms with Crippen LogP contribution < -0.4 is 5.32 Å². The van der Waals surface area contributed by atoms with E-state index in [9.17, 15) is 49.6 Å². The van der Waals surface area contributed by atoms with Crippen LogP contribution in [0, 0.1) is 27.6 Å². The molecule has 274 valence electrons. The van der Waals surface area contributed by atoms with E-state index in [1.54, 1.807) is 58.0 Å². The molecule has 5 rings (SSSR count). The van der Waals surface area contributed by atoms with E-state index in [1.165, 1.54) is 20.8 Å². The van der Waals surface area contributed by atoms with E-state index in [4.69, 9.17) is 9.47 Å². The number of hydrogen-bond donors (Lipinski definition) is 6. The third-order valence-electron chi connectivity index (χ3n) is 12.3. The van der Waals surface area contributed by atoms with Gasteiger partial charge in [0.2, 0.25) is 11.6 Å². The molecule has 3 fully saturated rings. The topological polar surface area (TPSA) is 229 Å². The Morgan fingerprint density at radius 3 is 2.30 bits per heavy atom. The van der Waals surface area contributed by atoms with Gasteiger partial charge < -0.3 is 35.0 Å². The minimum Gasteiger partial charge on any atom is -0.456 e. The summed E-state index contributed by atoms with van der Waals surface area (Å²) in [7, 11) is 0. The van der Waals surface area contributed by atoms with Crippen molar-refractivity contribution in [2.75, 3.05) is 13.2 Å². The number of nitroso groups, excluding NO2 is 1. The molecule has 0 spiro atoms. The number of carbonyl (C=O) groups excluding carboxylic acids is 4. The van der Waals surface area contributed by atoms with Crippen molar-refractivity contribution in [1.29, 1.82) is 0 Å². The van der Waals surface area contributed by atoms with Crippen molar-refractivity contribution in [2.24, 2.45) is 27.8 Å². The number of aliphatic hydroxyl groups excluding tert-OH is 3. The number of ether oxygens (including phenoxy) is 2. The molecule has 1 aromatic rings. The van der Waals surface area contributed by atoms with Gasteiger partial charge in [0.05, 0.1) is 42.4 Å². The lowest BCUT2D eigenvalue weighted by atomic mass is 9.43.